The lowest BCUT2D eigenvalue weighted by Gasteiger charge is -2.18. The number of esters is 1. The van der Waals surface area contributed by atoms with Crippen molar-refractivity contribution in [3.05, 3.63) is 57.8 Å². The Balaban J connectivity index is 2.46. The van der Waals surface area contributed by atoms with E-state index in [0.717, 1.165) is 10.0 Å². The van der Waals surface area contributed by atoms with Crippen molar-refractivity contribution < 1.29 is 14.3 Å². The van der Waals surface area contributed by atoms with E-state index >= 15 is 0 Å². The summed E-state index contributed by atoms with van der Waals surface area (Å²) in [6.45, 7) is 7.10. The van der Waals surface area contributed by atoms with E-state index in [0.29, 0.717) is 11.3 Å². The van der Waals surface area contributed by atoms with Crippen molar-refractivity contribution >= 4 is 27.7 Å². The third-order valence-corrected chi connectivity index (χ3v) is 3.72. The van der Waals surface area contributed by atoms with Crippen molar-refractivity contribution in [1.29, 1.82) is 0 Å². The van der Waals surface area contributed by atoms with E-state index in [-0.39, 0.29) is 17.5 Å². The molecule has 2 rings (SSSR count). The number of carbonyl (C=O) groups excluding carboxylic acids is 2. The number of hydrogen-bond donors (Lipinski definition) is 0. The topological polar surface area (TPSA) is 56.3 Å². The maximum absolute atomic E-state index is 12.8. The van der Waals surface area contributed by atoms with Crippen LogP contribution in [0.5, 0.6) is 5.75 Å². The molecule has 1 heterocycles. The molecule has 23 heavy (non-hydrogen) atoms. The number of aromatic nitrogens is 1. The maximum Gasteiger partial charge on any atom is 0.316 e. The SMILES string of the molecule is Cc1cccc(OC(=O)C(C)(C)C)c1C(=O)c1cc(Br)ccn1. The van der Waals surface area contributed by atoms with Crippen LogP contribution in [0.1, 0.15) is 42.4 Å². The number of pyridine rings is 1. The van der Waals surface area contributed by atoms with Crippen LogP contribution in [-0.2, 0) is 4.79 Å². The summed E-state index contributed by atoms with van der Waals surface area (Å²) in [5.74, 6) is -0.405. The zero-order valence-electron chi connectivity index (χ0n) is 13.5. The van der Waals surface area contributed by atoms with E-state index in [4.69, 9.17) is 4.74 Å². The third-order valence-electron chi connectivity index (χ3n) is 3.23. The highest BCUT2D eigenvalue weighted by Crippen LogP contribution is 2.28. The van der Waals surface area contributed by atoms with Gasteiger partial charge in [0, 0.05) is 10.7 Å². The molecule has 0 fully saturated rings. The van der Waals surface area contributed by atoms with Crippen LogP contribution in [0.15, 0.2) is 41.0 Å². The minimum absolute atomic E-state index is 0.261. The van der Waals surface area contributed by atoms with Crippen molar-refractivity contribution in [2.75, 3.05) is 0 Å². The summed E-state index contributed by atoms with van der Waals surface area (Å²) in [5.41, 5.74) is 0.728. The largest absolute Gasteiger partial charge is 0.425 e. The van der Waals surface area contributed by atoms with Crippen molar-refractivity contribution in [2.24, 2.45) is 5.41 Å². The van der Waals surface area contributed by atoms with E-state index in [2.05, 4.69) is 20.9 Å². The summed E-state index contributed by atoms with van der Waals surface area (Å²) in [5, 5.41) is 0. The highest BCUT2D eigenvalue weighted by molar-refractivity contribution is 9.10. The molecular weight excluding hydrogens is 358 g/mol. The minimum atomic E-state index is -0.655. The summed E-state index contributed by atoms with van der Waals surface area (Å²) >= 11 is 3.33. The fourth-order valence-electron chi connectivity index (χ4n) is 1.93. The summed E-state index contributed by atoms with van der Waals surface area (Å²) in [6, 6.07) is 8.58. The Morgan fingerprint density at radius 3 is 2.48 bits per heavy atom. The fourth-order valence-corrected chi connectivity index (χ4v) is 2.26. The number of hydrogen-bond acceptors (Lipinski definition) is 4. The van der Waals surface area contributed by atoms with Crippen molar-refractivity contribution in [1.82, 2.24) is 4.98 Å². The third kappa shape index (κ3) is 4.05. The monoisotopic (exact) mass is 375 g/mol. The smallest absolute Gasteiger partial charge is 0.316 e. The Morgan fingerprint density at radius 1 is 1.17 bits per heavy atom. The molecule has 0 unspecified atom stereocenters. The summed E-state index contributed by atoms with van der Waals surface area (Å²) < 4.78 is 6.23. The van der Waals surface area contributed by atoms with Crippen LogP contribution in [0.25, 0.3) is 0 Å². The first-order valence-corrected chi connectivity index (χ1v) is 7.97. The number of nitrogens with zero attached hydrogens (tertiary/aromatic N) is 1. The molecule has 0 amide bonds. The molecule has 4 nitrogen and oxygen atoms in total. The molecule has 0 radical (unpaired) electrons. The summed E-state index contributed by atoms with van der Waals surface area (Å²) in [7, 11) is 0. The minimum Gasteiger partial charge on any atom is -0.425 e. The zero-order chi connectivity index (χ0) is 17.2. The molecule has 0 aliphatic heterocycles. The van der Waals surface area contributed by atoms with E-state index in [1.807, 2.05) is 0 Å². The van der Waals surface area contributed by atoms with Crippen molar-refractivity contribution in [3.63, 3.8) is 0 Å². The van der Waals surface area contributed by atoms with Crippen LogP contribution in [0.4, 0.5) is 0 Å². The lowest BCUT2D eigenvalue weighted by molar-refractivity contribution is -0.143. The summed E-state index contributed by atoms with van der Waals surface area (Å²) in [4.78, 5) is 29.1. The number of benzene rings is 1. The van der Waals surface area contributed by atoms with Crippen LogP contribution in [0, 0.1) is 12.3 Å². The van der Waals surface area contributed by atoms with Gasteiger partial charge in [0.15, 0.2) is 0 Å². The van der Waals surface area contributed by atoms with Gasteiger partial charge in [0.1, 0.15) is 11.4 Å². The maximum atomic E-state index is 12.8. The van der Waals surface area contributed by atoms with Gasteiger partial charge in [-0.05, 0) is 51.5 Å². The molecule has 0 N–H and O–H groups in total. The average Bonchev–Trinajstić information content (AvgIpc) is 2.46. The van der Waals surface area contributed by atoms with Gasteiger partial charge in [0.25, 0.3) is 0 Å². The quantitative estimate of drug-likeness (QED) is 0.454. The first-order valence-electron chi connectivity index (χ1n) is 7.18. The van der Waals surface area contributed by atoms with Crippen molar-refractivity contribution in [3.8, 4) is 5.75 Å². The molecule has 1 aromatic heterocycles. The molecule has 5 heteroatoms. The predicted octanol–water partition coefficient (Wildman–Crippen LogP) is 4.34. The molecule has 0 aliphatic rings. The molecule has 0 bridgehead atoms. The normalized spacial score (nSPS) is 11.2. The lowest BCUT2D eigenvalue weighted by Crippen LogP contribution is -2.26. The lowest BCUT2D eigenvalue weighted by atomic mass is 9.97. The molecule has 0 spiro atoms. The molecule has 0 saturated heterocycles. The van der Waals surface area contributed by atoms with Crippen LogP contribution in [-0.4, -0.2) is 16.7 Å². The first kappa shape index (κ1) is 17.3. The number of aryl methyl sites for hydroxylation is 1. The Bertz CT molecular complexity index is 763. The molecule has 0 atom stereocenters. The standard InChI is InChI=1S/C18H18BrNO3/c1-11-6-5-7-14(23-17(22)18(2,3)4)15(11)16(21)13-10-12(19)8-9-20-13/h5-10H,1-4H3. The van der Waals surface area contributed by atoms with Gasteiger partial charge in [-0.3, -0.25) is 14.6 Å². The molecule has 1 aromatic carbocycles. The van der Waals surface area contributed by atoms with Crippen LogP contribution in [0.2, 0.25) is 0 Å². The number of carbonyl (C=O) groups is 2. The van der Waals surface area contributed by atoms with E-state index in [1.54, 1.807) is 64.2 Å². The number of ketones is 1. The molecule has 0 saturated carbocycles. The number of rotatable bonds is 3. The van der Waals surface area contributed by atoms with Gasteiger partial charge < -0.3 is 4.74 Å². The second-order valence-electron chi connectivity index (χ2n) is 6.28. The number of halogens is 1. The van der Waals surface area contributed by atoms with E-state index in [1.165, 1.54) is 0 Å². The van der Waals surface area contributed by atoms with Gasteiger partial charge in [-0.1, -0.05) is 28.1 Å². The summed E-state index contributed by atoms with van der Waals surface area (Å²) in [6.07, 6.45) is 1.55. The van der Waals surface area contributed by atoms with Gasteiger partial charge in [-0.15, -0.1) is 0 Å². The first-order chi connectivity index (χ1) is 10.7. The fraction of sp³-hybridized carbons (Fsp3) is 0.278. The number of ether oxygens (including phenoxy) is 1. The average molecular weight is 376 g/mol. The van der Waals surface area contributed by atoms with Crippen LogP contribution >= 0.6 is 15.9 Å². The second-order valence-corrected chi connectivity index (χ2v) is 7.19. The van der Waals surface area contributed by atoms with Gasteiger partial charge in [-0.2, -0.15) is 0 Å². The second kappa shape index (κ2) is 6.62. The zero-order valence-corrected chi connectivity index (χ0v) is 15.1. The Hall–Kier alpha value is -2.01. The van der Waals surface area contributed by atoms with E-state index in [9.17, 15) is 9.59 Å². The predicted molar refractivity (Wildman–Crippen MR) is 91.6 cm³/mol. The van der Waals surface area contributed by atoms with E-state index < -0.39 is 5.41 Å². The Labute approximate surface area is 144 Å². The molecule has 120 valence electrons. The van der Waals surface area contributed by atoms with Crippen LogP contribution in [0.3, 0.4) is 0 Å². The van der Waals surface area contributed by atoms with Crippen molar-refractivity contribution in [2.45, 2.75) is 27.7 Å². The molecule has 0 aliphatic carbocycles. The van der Waals surface area contributed by atoms with Gasteiger partial charge in [-0.25, -0.2) is 0 Å². The molecule has 2 aromatic rings. The van der Waals surface area contributed by atoms with Gasteiger partial charge in [0.2, 0.25) is 5.78 Å². The Kier molecular flexibility index (Phi) is 5.00. The van der Waals surface area contributed by atoms with Gasteiger partial charge in [0.05, 0.1) is 11.0 Å². The highest BCUT2D eigenvalue weighted by atomic mass is 79.9. The Morgan fingerprint density at radius 2 is 1.87 bits per heavy atom. The van der Waals surface area contributed by atoms with Gasteiger partial charge >= 0.3 is 5.97 Å². The van der Waals surface area contributed by atoms with Crippen LogP contribution < -0.4 is 4.74 Å². The molecular formula is C18H18BrNO3. The highest BCUT2D eigenvalue weighted by Gasteiger charge is 2.26.